The lowest BCUT2D eigenvalue weighted by molar-refractivity contribution is 0.653. The van der Waals surface area contributed by atoms with Crippen LogP contribution in [-0.4, -0.2) is 0 Å². The molecule has 1 aromatic heterocycles. The van der Waals surface area contributed by atoms with Crippen LogP contribution >= 0.6 is 0 Å². The summed E-state index contributed by atoms with van der Waals surface area (Å²) in [5, 5.41) is 7.49. The van der Waals surface area contributed by atoms with Crippen molar-refractivity contribution in [2.75, 3.05) is 0 Å². The van der Waals surface area contributed by atoms with Crippen LogP contribution in [0.3, 0.4) is 0 Å². The lowest BCUT2D eigenvalue weighted by Gasteiger charge is -2.23. The fourth-order valence-corrected chi connectivity index (χ4v) is 7.51. The van der Waals surface area contributed by atoms with E-state index in [0.717, 1.165) is 11.2 Å². The highest BCUT2D eigenvalue weighted by Gasteiger charge is 2.38. The minimum Gasteiger partial charge on any atom is -0.455 e. The first-order valence-corrected chi connectivity index (χ1v) is 14.7. The molecule has 8 aromatic rings. The Morgan fingerprint density at radius 1 is 0.429 bits per heavy atom. The molecule has 1 aliphatic carbocycles. The summed E-state index contributed by atoms with van der Waals surface area (Å²) < 4.78 is 6.53. The first-order chi connectivity index (χ1) is 20.6. The van der Waals surface area contributed by atoms with Crippen LogP contribution in [0.25, 0.3) is 76.9 Å². The molecule has 9 rings (SSSR count). The molecule has 0 spiro atoms. The Kier molecular flexibility index (Phi) is 4.73. The van der Waals surface area contributed by atoms with Crippen LogP contribution < -0.4 is 0 Å². The van der Waals surface area contributed by atoms with Crippen molar-refractivity contribution in [3.63, 3.8) is 0 Å². The summed E-state index contributed by atoms with van der Waals surface area (Å²) in [4.78, 5) is 0. The largest absolute Gasteiger partial charge is 0.455 e. The van der Waals surface area contributed by atoms with Crippen molar-refractivity contribution in [1.82, 2.24) is 0 Å². The van der Waals surface area contributed by atoms with E-state index in [9.17, 15) is 0 Å². The van der Waals surface area contributed by atoms with E-state index < -0.39 is 0 Å². The molecule has 0 atom stereocenters. The molecule has 0 fully saturated rings. The SMILES string of the molecule is CC1(C)c2cc(-c3c4ccccc4c(-c4ccccc4)c4ccccc34)ccc2-c2c1ccc1c2oc2ccccc21. The summed E-state index contributed by atoms with van der Waals surface area (Å²) in [5.74, 6) is 0. The van der Waals surface area contributed by atoms with E-state index in [-0.39, 0.29) is 5.41 Å². The molecule has 0 saturated carbocycles. The maximum atomic E-state index is 6.53. The molecule has 1 nitrogen and oxygen atoms in total. The maximum Gasteiger partial charge on any atom is 0.143 e. The number of rotatable bonds is 2. The smallest absolute Gasteiger partial charge is 0.143 e. The van der Waals surface area contributed by atoms with Gasteiger partial charge >= 0.3 is 0 Å². The van der Waals surface area contributed by atoms with Gasteiger partial charge in [-0.1, -0.05) is 135 Å². The third kappa shape index (κ3) is 3.08. The number of furan rings is 1. The third-order valence-corrected chi connectivity index (χ3v) is 9.47. The molecule has 198 valence electrons. The monoisotopic (exact) mass is 536 g/mol. The van der Waals surface area contributed by atoms with Gasteiger partial charge in [-0.3, -0.25) is 0 Å². The molecule has 1 heteroatoms. The Hall–Kier alpha value is -5.14. The highest BCUT2D eigenvalue weighted by molar-refractivity contribution is 6.21. The number of benzene rings is 7. The molecular formula is C41H28O. The van der Waals surface area contributed by atoms with Gasteiger partial charge in [0.1, 0.15) is 11.2 Å². The van der Waals surface area contributed by atoms with E-state index in [0.29, 0.717) is 0 Å². The minimum absolute atomic E-state index is 0.149. The fourth-order valence-electron chi connectivity index (χ4n) is 7.51. The molecule has 0 N–H and O–H groups in total. The zero-order chi connectivity index (χ0) is 28.0. The van der Waals surface area contributed by atoms with Crippen LogP contribution in [0.5, 0.6) is 0 Å². The number of fused-ring (bicyclic) bond motifs is 9. The van der Waals surface area contributed by atoms with Crippen molar-refractivity contribution in [2.45, 2.75) is 19.3 Å². The molecule has 0 unspecified atom stereocenters. The standard InChI is InChI=1S/C41H28O/c1-41(2)34-23-22-32-27-14-10-11-19-36(27)42-40(32)39(34)33-21-20-26(24-35(33)41)38-30-17-8-6-15-28(30)37(25-12-4-3-5-13-25)29-16-7-9-18-31(29)38/h3-24H,1-2H3. The van der Waals surface area contributed by atoms with Crippen molar-refractivity contribution in [3.8, 4) is 33.4 Å². The van der Waals surface area contributed by atoms with E-state index in [4.69, 9.17) is 4.42 Å². The van der Waals surface area contributed by atoms with Gasteiger partial charge in [0, 0.05) is 21.8 Å². The van der Waals surface area contributed by atoms with Crippen molar-refractivity contribution in [2.24, 2.45) is 0 Å². The summed E-state index contributed by atoms with van der Waals surface area (Å²) in [6.07, 6.45) is 0. The Morgan fingerprint density at radius 3 is 1.67 bits per heavy atom. The summed E-state index contributed by atoms with van der Waals surface area (Å²) in [5.41, 5.74) is 12.1. The van der Waals surface area contributed by atoms with Gasteiger partial charge in [0.15, 0.2) is 0 Å². The summed E-state index contributed by atoms with van der Waals surface area (Å²) in [6.45, 7) is 4.70. The molecule has 7 aromatic carbocycles. The van der Waals surface area contributed by atoms with Crippen LogP contribution in [0.2, 0.25) is 0 Å². The predicted molar refractivity (Wildman–Crippen MR) is 177 cm³/mol. The zero-order valence-corrected chi connectivity index (χ0v) is 23.6. The van der Waals surface area contributed by atoms with E-state index in [2.05, 4.69) is 141 Å². The second-order valence-electron chi connectivity index (χ2n) is 12.1. The van der Waals surface area contributed by atoms with Gasteiger partial charge in [0.05, 0.1) is 0 Å². The Morgan fingerprint density at radius 2 is 1.00 bits per heavy atom. The number of hydrogen-bond acceptors (Lipinski definition) is 1. The Balaban J connectivity index is 1.34. The molecule has 1 heterocycles. The highest BCUT2D eigenvalue weighted by Crippen LogP contribution is 2.54. The van der Waals surface area contributed by atoms with Gasteiger partial charge < -0.3 is 4.42 Å². The van der Waals surface area contributed by atoms with Crippen LogP contribution in [-0.2, 0) is 5.41 Å². The van der Waals surface area contributed by atoms with E-state index in [1.165, 1.54) is 76.8 Å². The molecule has 42 heavy (non-hydrogen) atoms. The molecule has 1 aliphatic rings. The predicted octanol–water partition coefficient (Wildman–Crippen LogP) is 11.5. The second kappa shape index (κ2) is 8.44. The Labute approximate surface area is 244 Å². The van der Waals surface area contributed by atoms with Crippen LogP contribution in [0.1, 0.15) is 25.0 Å². The van der Waals surface area contributed by atoms with Crippen molar-refractivity contribution in [3.05, 3.63) is 145 Å². The van der Waals surface area contributed by atoms with E-state index in [1.807, 2.05) is 6.07 Å². The van der Waals surface area contributed by atoms with E-state index >= 15 is 0 Å². The average Bonchev–Trinajstić information content (AvgIpc) is 3.52. The normalized spacial score (nSPS) is 13.7. The summed E-state index contributed by atoms with van der Waals surface area (Å²) in [7, 11) is 0. The Bertz CT molecular complexity index is 2310. The third-order valence-electron chi connectivity index (χ3n) is 9.47. The number of para-hydroxylation sites is 1. The molecule has 0 radical (unpaired) electrons. The van der Waals surface area contributed by atoms with Gasteiger partial charge in [-0.05, 0) is 72.6 Å². The van der Waals surface area contributed by atoms with Crippen LogP contribution in [0.4, 0.5) is 0 Å². The average molecular weight is 537 g/mol. The molecule has 0 saturated heterocycles. The first kappa shape index (κ1) is 23.6. The summed E-state index contributed by atoms with van der Waals surface area (Å²) >= 11 is 0. The topological polar surface area (TPSA) is 13.1 Å². The van der Waals surface area contributed by atoms with Crippen molar-refractivity contribution < 1.29 is 4.42 Å². The van der Waals surface area contributed by atoms with Gasteiger partial charge in [-0.25, -0.2) is 0 Å². The molecule has 0 bridgehead atoms. The van der Waals surface area contributed by atoms with Gasteiger partial charge in [-0.15, -0.1) is 0 Å². The maximum absolute atomic E-state index is 6.53. The van der Waals surface area contributed by atoms with Gasteiger partial charge in [-0.2, -0.15) is 0 Å². The molecule has 0 amide bonds. The highest BCUT2D eigenvalue weighted by atomic mass is 16.3. The lowest BCUT2D eigenvalue weighted by atomic mass is 9.80. The van der Waals surface area contributed by atoms with Crippen molar-refractivity contribution >= 4 is 43.5 Å². The van der Waals surface area contributed by atoms with Crippen molar-refractivity contribution in [1.29, 1.82) is 0 Å². The quantitative estimate of drug-likeness (QED) is 0.200. The first-order valence-electron chi connectivity index (χ1n) is 14.7. The van der Waals surface area contributed by atoms with Crippen LogP contribution in [0, 0.1) is 0 Å². The van der Waals surface area contributed by atoms with Crippen LogP contribution in [0.15, 0.2) is 138 Å². The van der Waals surface area contributed by atoms with E-state index in [1.54, 1.807) is 0 Å². The molecular weight excluding hydrogens is 508 g/mol. The van der Waals surface area contributed by atoms with Gasteiger partial charge in [0.2, 0.25) is 0 Å². The minimum atomic E-state index is -0.149. The lowest BCUT2D eigenvalue weighted by Crippen LogP contribution is -2.15. The summed E-state index contributed by atoms with van der Waals surface area (Å²) in [6, 6.07) is 48.6. The second-order valence-corrected chi connectivity index (χ2v) is 12.1. The molecule has 0 aliphatic heterocycles. The zero-order valence-electron chi connectivity index (χ0n) is 23.6. The fraction of sp³-hybridized carbons (Fsp3) is 0.0732. The number of hydrogen-bond donors (Lipinski definition) is 0. The van der Waals surface area contributed by atoms with Gasteiger partial charge in [0.25, 0.3) is 0 Å².